The summed E-state index contributed by atoms with van der Waals surface area (Å²) in [5, 5.41) is 11.6. The molecule has 0 bridgehead atoms. The number of benzene rings is 1. The lowest BCUT2D eigenvalue weighted by Crippen LogP contribution is -2.00. The van der Waals surface area contributed by atoms with Crippen LogP contribution < -0.4 is 10.1 Å². The van der Waals surface area contributed by atoms with Crippen molar-refractivity contribution in [1.82, 2.24) is 0 Å². The highest BCUT2D eigenvalue weighted by Crippen LogP contribution is 2.16. The number of hydrogen-bond donors (Lipinski definition) is 1. The van der Waals surface area contributed by atoms with Crippen molar-refractivity contribution in [1.29, 1.82) is 5.26 Å². The fourth-order valence-electron chi connectivity index (χ4n) is 1.13. The average Bonchev–Trinajstić information content (AvgIpc) is 2.25. The zero-order valence-corrected chi connectivity index (χ0v) is 8.29. The zero-order valence-electron chi connectivity index (χ0n) is 8.29. The molecule has 0 heterocycles. The van der Waals surface area contributed by atoms with E-state index >= 15 is 0 Å². The quantitative estimate of drug-likeness (QED) is 0.725. The standard InChI is InChI=1S/C11H14N2O/c1-14-11-6-4-5-10(9-11)13-8-3-2-7-12/h4-6,9,13H,2-3,8H2,1H3. The topological polar surface area (TPSA) is 45.0 Å². The van der Waals surface area contributed by atoms with Gasteiger partial charge in [-0.25, -0.2) is 0 Å². The summed E-state index contributed by atoms with van der Waals surface area (Å²) in [5.74, 6) is 0.843. The molecule has 0 aliphatic carbocycles. The molecule has 0 aromatic heterocycles. The third-order valence-corrected chi connectivity index (χ3v) is 1.86. The van der Waals surface area contributed by atoms with Crippen LogP contribution in [-0.4, -0.2) is 13.7 Å². The van der Waals surface area contributed by atoms with Gasteiger partial charge >= 0.3 is 0 Å². The molecule has 0 atom stereocenters. The average molecular weight is 190 g/mol. The fourth-order valence-corrected chi connectivity index (χ4v) is 1.13. The van der Waals surface area contributed by atoms with Gasteiger partial charge in [-0.1, -0.05) is 6.07 Å². The van der Waals surface area contributed by atoms with Gasteiger partial charge in [-0.2, -0.15) is 5.26 Å². The molecule has 0 aliphatic rings. The minimum atomic E-state index is 0.594. The van der Waals surface area contributed by atoms with E-state index in [1.807, 2.05) is 24.3 Å². The second-order valence-corrected chi connectivity index (χ2v) is 2.92. The number of methoxy groups -OCH3 is 1. The first kappa shape index (κ1) is 10.4. The van der Waals surface area contributed by atoms with Crippen LogP contribution in [0.1, 0.15) is 12.8 Å². The van der Waals surface area contributed by atoms with Crippen LogP contribution in [0.3, 0.4) is 0 Å². The van der Waals surface area contributed by atoms with E-state index in [1.165, 1.54) is 0 Å². The van der Waals surface area contributed by atoms with Crippen LogP contribution >= 0.6 is 0 Å². The first-order valence-electron chi connectivity index (χ1n) is 4.61. The minimum Gasteiger partial charge on any atom is -0.497 e. The number of nitrogens with one attached hydrogen (secondary N) is 1. The van der Waals surface area contributed by atoms with Gasteiger partial charge in [0.25, 0.3) is 0 Å². The Kier molecular flexibility index (Phi) is 4.36. The predicted molar refractivity (Wildman–Crippen MR) is 56.3 cm³/mol. The molecule has 0 saturated heterocycles. The largest absolute Gasteiger partial charge is 0.497 e. The lowest BCUT2D eigenvalue weighted by Gasteiger charge is -2.06. The van der Waals surface area contributed by atoms with Crippen molar-refractivity contribution in [2.24, 2.45) is 0 Å². The van der Waals surface area contributed by atoms with Crippen molar-refractivity contribution in [3.63, 3.8) is 0 Å². The maximum atomic E-state index is 8.35. The highest BCUT2D eigenvalue weighted by Gasteiger charge is 1.93. The first-order valence-corrected chi connectivity index (χ1v) is 4.61. The second-order valence-electron chi connectivity index (χ2n) is 2.92. The first-order chi connectivity index (χ1) is 6.86. The van der Waals surface area contributed by atoms with E-state index in [2.05, 4.69) is 11.4 Å². The molecule has 0 spiro atoms. The molecule has 0 fully saturated rings. The maximum absolute atomic E-state index is 8.35. The van der Waals surface area contributed by atoms with Gasteiger partial charge in [0.05, 0.1) is 13.2 Å². The molecule has 1 N–H and O–H groups in total. The van der Waals surface area contributed by atoms with Crippen molar-refractivity contribution in [3.8, 4) is 11.8 Å². The van der Waals surface area contributed by atoms with Crippen molar-refractivity contribution in [3.05, 3.63) is 24.3 Å². The lowest BCUT2D eigenvalue weighted by atomic mass is 10.3. The van der Waals surface area contributed by atoms with Crippen molar-refractivity contribution in [2.75, 3.05) is 19.0 Å². The van der Waals surface area contributed by atoms with Crippen molar-refractivity contribution < 1.29 is 4.74 Å². The Hall–Kier alpha value is -1.69. The summed E-state index contributed by atoms with van der Waals surface area (Å²) in [6, 6.07) is 9.87. The van der Waals surface area contributed by atoms with Crippen LogP contribution in [0.15, 0.2) is 24.3 Å². The molecule has 14 heavy (non-hydrogen) atoms. The molecule has 1 rings (SSSR count). The van der Waals surface area contributed by atoms with Crippen LogP contribution in [0, 0.1) is 11.3 Å². The van der Waals surface area contributed by atoms with Crippen LogP contribution in [0.4, 0.5) is 5.69 Å². The summed E-state index contributed by atoms with van der Waals surface area (Å²) >= 11 is 0. The summed E-state index contributed by atoms with van der Waals surface area (Å²) < 4.78 is 5.09. The van der Waals surface area contributed by atoms with Gasteiger partial charge in [0, 0.05) is 24.7 Å². The van der Waals surface area contributed by atoms with Gasteiger partial charge in [0.2, 0.25) is 0 Å². The molecule has 0 unspecified atom stereocenters. The molecule has 3 heteroatoms. The summed E-state index contributed by atoms with van der Waals surface area (Å²) in [5.41, 5.74) is 1.03. The monoisotopic (exact) mass is 190 g/mol. The van der Waals surface area contributed by atoms with E-state index in [0.29, 0.717) is 6.42 Å². The summed E-state index contributed by atoms with van der Waals surface area (Å²) in [4.78, 5) is 0. The Morgan fingerprint density at radius 1 is 1.50 bits per heavy atom. The van der Waals surface area contributed by atoms with Gasteiger partial charge < -0.3 is 10.1 Å². The Bertz CT molecular complexity index is 317. The van der Waals surface area contributed by atoms with E-state index < -0.39 is 0 Å². The molecular formula is C11H14N2O. The van der Waals surface area contributed by atoms with Crippen LogP contribution in [0.2, 0.25) is 0 Å². The number of ether oxygens (including phenoxy) is 1. The van der Waals surface area contributed by atoms with Gasteiger partial charge in [-0.15, -0.1) is 0 Å². The third kappa shape index (κ3) is 3.36. The van der Waals surface area contributed by atoms with E-state index in [-0.39, 0.29) is 0 Å². The number of hydrogen-bond acceptors (Lipinski definition) is 3. The number of unbranched alkanes of at least 4 members (excludes halogenated alkanes) is 1. The molecule has 0 amide bonds. The Balaban J connectivity index is 2.39. The molecule has 0 aliphatic heterocycles. The van der Waals surface area contributed by atoms with Crippen LogP contribution in [0.25, 0.3) is 0 Å². The Morgan fingerprint density at radius 3 is 3.07 bits per heavy atom. The van der Waals surface area contributed by atoms with Gasteiger partial charge in [-0.3, -0.25) is 0 Å². The number of nitrogens with zero attached hydrogens (tertiary/aromatic N) is 1. The molecule has 0 saturated carbocycles. The third-order valence-electron chi connectivity index (χ3n) is 1.86. The van der Waals surface area contributed by atoms with Crippen LogP contribution in [0.5, 0.6) is 5.75 Å². The van der Waals surface area contributed by atoms with E-state index in [9.17, 15) is 0 Å². The Labute approximate surface area is 84.3 Å². The highest BCUT2D eigenvalue weighted by atomic mass is 16.5. The Morgan fingerprint density at radius 2 is 2.36 bits per heavy atom. The van der Waals surface area contributed by atoms with Gasteiger partial charge in [0.15, 0.2) is 0 Å². The summed E-state index contributed by atoms with van der Waals surface area (Å²) in [7, 11) is 1.65. The smallest absolute Gasteiger partial charge is 0.120 e. The van der Waals surface area contributed by atoms with E-state index in [0.717, 1.165) is 24.4 Å². The lowest BCUT2D eigenvalue weighted by molar-refractivity contribution is 0.415. The number of nitriles is 1. The molecule has 74 valence electrons. The molecule has 1 aromatic rings. The molecular weight excluding hydrogens is 176 g/mol. The molecule has 3 nitrogen and oxygen atoms in total. The second kappa shape index (κ2) is 5.87. The summed E-state index contributed by atoms with van der Waals surface area (Å²) in [6.45, 7) is 0.820. The predicted octanol–water partition coefficient (Wildman–Crippen LogP) is 2.41. The zero-order chi connectivity index (χ0) is 10.2. The SMILES string of the molecule is COc1cccc(NCCCC#N)c1. The fraction of sp³-hybridized carbons (Fsp3) is 0.364. The number of rotatable bonds is 5. The van der Waals surface area contributed by atoms with E-state index in [4.69, 9.17) is 10.00 Å². The minimum absolute atomic E-state index is 0.594. The van der Waals surface area contributed by atoms with Gasteiger partial charge in [0.1, 0.15) is 5.75 Å². The van der Waals surface area contributed by atoms with Crippen LogP contribution in [-0.2, 0) is 0 Å². The van der Waals surface area contributed by atoms with Crippen molar-refractivity contribution in [2.45, 2.75) is 12.8 Å². The normalized spacial score (nSPS) is 9.14. The highest BCUT2D eigenvalue weighted by molar-refractivity contribution is 5.47. The number of anilines is 1. The van der Waals surface area contributed by atoms with E-state index in [1.54, 1.807) is 7.11 Å². The van der Waals surface area contributed by atoms with Crippen molar-refractivity contribution >= 4 is 5.69 Å². The molecule has 1 aromatic carbocycles. The maximum Gasteiger partial charge on any atom is 0.120 e. The molecule has 0 radical (unpaired) electrons. The summed E-state index contributed by atoms with van der Waals surface area (Å²) in [6.07, 6.45) is 1.46. The van der Waals surface area contributed by atoms with Gasteiger partial charge in [-0.05, 0) is 18.6 Å².